The third kappa shape index (κ3) is 3.35. The number of aliphatic hydroxyl groups excluding tert-OH is 1. The molecule has 138 valence electrons. The number of carbonyl (C=O) groups excluding carboxylic acids is 1. The summed E-state index contributed by atoms with van der Waals surface area (Å²) in [6.07, 6.45) is -7.03. The lowest BCUT2D eigenvalue weighted by atomic mass is 9.97. The first kappa shape index (κ1) is 18.1. The van der Waals surface area contributed by atoms with E-state index in [0.717, 1.165) is 6.07 Å². The van der Waals surface area contributed by atoms with Crippen molar-refractivity contribution in [3.63, 3.8) is 0 Å². The number of benzene rings is 1. The molecule has 0 spiro atoms. The molecule has 0 saturated carbocycles. The number of fused-ring (bicyclic) bond motifs is 1. The van der Waals surface area contributed by atoms with E-state index < -0.39 is 36.1 Å². The van der Waals surface area contributed by atoms with Crippen LogP contribution >= 0.6 is 0 Å². The lowest BCUT2D eigenvalue weighted by Gasteiger charge is -2.35. The number of nitrogens with zero attached hydrogens (tertiary/aromatic N) is 2. The molecule has 1 N–H and O–H groups in total. The number of carbonyl (C=O) groups is 1. The van der Waals surface area contributed by atoms with Crippen molar-refractivity contribution in [2.45, 2.75) is 37.7 Å². The van der Waals surface area contributed by atoms with E-state index in [-0.39, 0.29) is 42.9 Å². The van der Waals surface area contributed by atoms with Crippen LogP contribution in [0, 0.1) is 0 Å². The zero-order valence-corrected chi connectivity index (χ0v) is 13.4. The second-order valence-corrected chi connectivity index (χ2v) is 6.59. The fourth-order valence-corrected chi connectivity index (χ4v) is 3.30. The summed E-state index contributed by atoms with van der Waals surface area (Å²) in [7, 11) is 1.42. The Balaban J connectivity index is 1.90. The number of aliphatic hydroxyl groups is 1. The number of rotatable bonds is 2. The van der Waals surface area contributed by atoms with Crippen LogP contribution in [0.2, 0.25) is 0 Å². The molecular formula is C16H17F5N2O2. The van der Waals surface area contributed by atoms with Crippen LogP contribution in [0.4, 0.5) is 22.0 Å². The Kier molecular flexibility index (Phi) is 4.27. The molecule has 1 saturated heterocycles. The van der Waals surface area contributed by atoms with Crippen LogP contribution < -0.4 is 0 Å². The van der Waals surface area contributed by atoms with Gasteiger partial charge in [0.1, 0.15) is 6.10 Å². The van der Waals surface area contributed by atoms with E-state index in [4.69, 9.17) is 0 Å². The molecule has 25 heavy (non-hydrogen) atoms. The summed E-state index contributed by atoms with van der Waals surface area (Å²) in [6.45, 7) is -0.534. The van der Waals surface area contributed by atoms with Gasteiger partial charge in [-0.1, -0.05) is 0 Å². The first-order valence-electron chi connectivity index (χ1n) is 7.76. The monoisotopic (exact) mass is 364 g/mol. The van der Waals surface area contributed by atoms with Gasteiger partial charge in [0.25, 0.3) is 11.8 Å². The first-order chi connectivity index (χ1) is 11.5. The Hall–Kier alpha value is -1.74. The molecule has 0 aromatic heterocycles. The molecule has 1 aromatic carbocycles. The number of hydrogen-bond donors (Lipinski definition) is 1. The van der Waals surface area contributed by atoms with Crippen LogP contribution in [-0.2, 0) is 19.3 Å². The molecule has 0 bridgehead atoms. The molecule has 0 aliphatic carbocycles. The van der Waals surface area contributed by atoms with Gasteiger partial charge in [0.15, 0.2) is 0 Å². The minimum Gasteiger partial charge on any atom is -0.386 e. The lowest BCUT2D eigenvalue weighted by Crippen LogP contribution is -2.50. The molecule has 2 aliphatic rings. The van der Waals surface area contributed by atoms with Gasteiger partial charge in [0.05, 0.1) is 5.56 Å². The van der Waals surface area contributed by atoms with Crippen molar-refractivity contribution < 1.29 is 31.9 Å². The molecule has 1 atom stereocenters. The van der Waals surface area contributed by atoms with E-state index in [1.54, 1.807) is 0 Å². The normalized spacial score (nSPS) is 23.9. The SMILES string of the molecule is CN1Cc2c(cc(CN3CCC(F)(F)C(O)C3)cc2C(F)(F)F)C1=O. The Morgan fingerprint density at radius 1 is 1.32 bits per heavy atom. The second-order valence-electron chi connectivity index (χ2n) is 6.59. The molecule has 1 unspecified atom stereocenters. The van der Waals surface area contributed by atoms with Gasteiger partial charge in [-0.2, -0.15) is 13.2 Å². The van der Waals surface area contributed by atoms with E-state index in [2.05, 4.69) is 0 Å². The van der Waals surface area contributed by atoms with Crippen LogP contribution in [0.25, 0.3) is 0 Å². The molecule has 0 radical (unpaired) electrons. The van der Waals surface area contributed by atoms with Crippen LogP contribution in [0.3, 0.4) is 0 Å². The Morgan fingerprint density at radius 2 is 2.00 bits per heavy atom. The predicted molar refractivity (Wildman–Crippen MR) is 78.1 cm³/mol. The lowest BCUT2D eigenvalue weighted by molar-refractivity contribution is -0.148. The van der Waals surface area contributed by atoms with Crippen molar-refractivity contribution in [3.05, 3.63) is 34.4 Å². The minimum atomic E-state index is -4.61. The first-order valence-corrected chi connectivity index (χ1v) is 7.76. The van der Waals surface area contributed by atoms with E-state index >= 15 is 0 Å². The smallest absolute Gasteiger partial charge is 0.386 e. The summed E-state index contributed by atoms with van der Waals surface area (Å²) in [6, 6.07) is 2.35. The third-order valence-corrected chi connectivity index (χ3v) is 4.67. The van der Waals surface area contributed by atoms with E-state index in [0.29, 0.717) is 0 Å². The molecule has 1 aromatic rings. The van der Waals surface area contributed by atoms with Gasteiger partial charge in [-0.05, 0) is 23.3 Å². The maximum absolute atomic E-state index is 13.3. The largest absolute Gasteiger partial charge is 0.416 e. The van der Waals surface area contributed by atoms with Gasteiger partial charge in [-0.3, -0.25) is 9.69 Å². The number of β-amino-alcohol motifs (C(OH)–C–C–N with tert-alkyl or cyclic N) is 1. The molecule has 2 heterocycles. The van der Waals surface area contributed by atoms with E-state index in [1.165, 1.54) is 22.9 Å². The number of amides is 1. The van der Waals surface area contributed by atoms with Crippen molar-refractivity contribution in [2.75, 3.05) is 20.1 Å². The fourth-order valence-electron chi connectivity index (χ4n) is 3.30. The highest BCUT2D eigenvalue weighted by molar-refractivity contribution is 5.98. The highest BCUT2D eigenvalue weighted by atomic mass is 19.4. The van der Waals surface area contributed by atoms with Crippen LogP contribution in [-0.4, -0.2) is 53.0 Å². The van der Waals surface area contributed by atoms with Crippen molar-refractivity contribution in [1.29, 1.82) is 0 Å². The Labute approximate surface area is 140 Å². The summed E-state index contributed by atoms with van der Waals surface area (Å²) in [5.74, 6) is -3.68. The number of likely N-dealkylation sites (tertiary alicyclic amines) is 1. The Morgan fingerprint density at radius 3 is 2.60 bits per heavy atom. The summed E-state index contributed by atoms with van der Waals surface area (Å²) in [5, 5.41) is 9.47. The van der Waals surface area contributed by atoms with Gasteiger partial charge >= 0.3 is 6.18 Å². The third-order valence-electron chi connectivity index (χ3n) is 4.67. The molecule has 1 fully saturated rings. The minimum absolute atomic E-state index is 0.00443. The van der Waals surface area contributed by atoms with E-state index in [9.17, 15) is 31.9 Å². The molecule has 4 nitrogen and oxygen atoms in total. The second kappa shape index (κ2) is 5.91. The Bertz CT molecular complexity index is 705. The quantitative estimate of drug-likeness (QED) is 0.820. The molecule has 2 aliphatic heterocycles. The summed E-state index contributed by atoms with van der Waals surface area (Å²) in [5.41, 5.74) is -0.725. The molecular weight excluding hydrogens is 347 g/mol. The average molecular weight is 364 g/mol. The van der Waals surface area contributed by atoms with Crippen molar-refractivity contribution >= 4 is 5.91 Å². The summed E-state index contributed by atoms with van der Waals surface area (Å²) in [4.78, 5) is 14.7. The summed E-state index contributed by atoms with van der Waals surface area (Å²) >= 11 is 0. The number of hydrogen-bond acceptors (Lipinski definition) is 3. The standard InChI is InChI=1S/C16H17F5N2O2/c1-22-7-11-10(14(22)25)4-9(5-12(11)16(19,20)21)6-23-3-2-15(17,18)13(24)8-23/h4-5,13,24H,2-3,6-8H2,1H3. The number of piperidine rings is 1. The zero-order valence-electron chi connectivity index (χ0n) is 13.4. The highest BCUT2D eigenvalue weighted by Gasteiger charge is 2.43. The zero-order chi connectivity index (χ0) is 18.6. The average Bonchev–Trinajstić information content (AvgIpc) is 2.77. The van der Waals surface area contributed by atoms with Gasteiger partial charge in [-0.25, -0.2) is 8.78 Å². The fraction of sp³-hybridized carbons (Fsp3) is 0.562. The van der Waals surface area contributed by atoms with Crippen LogP contribution in [0.1, 0.15) is 33.5 Å². The number of halogens is 5. The van der Waals surface area contributed by atoms with Crippen molar-refractivity contribution in [1.82, 2.24) is 9.80 Å². The van der Waals surface area contributed by atoms with Gasteiger partial charge < -0.3 is 10.0 Å². The van der Waals surface area contributed by atoms with Gasteiger partial charge in [0, 0.05) is 45.2 Å². The maximum Gasteiger partial charge on any atom is 0.416 e. The predicted octanol–water partition coefficient (Wildman–Crippen LogP) is 2.49. The highest BCUT2D eigenvalue weighted by Crippen LogP contribution is 2.38. The molecule has 9 heteroatoms. The molecule has 1 amide bonds. The van der Waals surface area contributed by atoms with Crippen molar-refractivity contribution in [3.8, 4) is 0 Å². The maximum atomic E-state index is 13.3. The summed E-state index contributed by atoms with van der Waals surface area (Å²) < 4.78 is 66.7. The van der Waals surface area contributed by atoms with Crippen LogP contribution in [0.5, 0.6) is 0 Å². The van der Waals surface area contributed by atoms with Gasteiger partial charge in [0.2, 0.25) is 0 Å². The van der Waals surface area contributed by atoms with Crippen LogP contribution in [0.15, 0.2) is 12.1 Å². The van der Waals surface area contributed by atoms with Crippen molar-refractivity contribution in [2.24, 2.45) is 0 Å². The van der Waals surface area contributed by atoms with Gasteiger partial charge in [-0.15, -0.1) is 0 Å². The topological polar surface area (TPSA) is 43.8 Å². The number of alkyl halides is 5. The molecule has 3 rings (SSSR count). The van der Waals surface area contributed by atoms with E-state index in [1.807, 2.05) is 0 Å².